The maximum atomic E-state index is 13.5. The van der Waals surface area contributed by atoms with E-state index < -0.39 is 11.6 Å². The van der Waals surface area contributed by atoms with Crippen LogP contribution in [0.5, 0.6) is 0 Å². The first-order valence-electron chi connectivity index (χ1n) is 11.5. The molecule has 2 aromatic heterocycles. The molecule has 7 nitrogen and oxygen atoms in total. The molecular formula is C27H32N4O3S. The minimum Gasteiger partial charge on any atom is -0.349 e. The van der Waals surface area contributed by atoms with Crippen molar-refractivity contribution in [2.45, 2.75) is 58.7 Å². The summed E-state index contributed by atoms with van der Waals surface area (Å²) in [6, 6.07) is 15.9. The van der Waals surface area contributed by atoms with E-state index in [4.69, 9.17) is 0 Å². The van der Waals surface area contributed by atoms with Crippen molar-refractivity contribution in [1.82, 2.24) is 15.2 Å². The van der Waals surface area contributed by atoms with Crippen LogP contribution in [0.4, 0.5) is 5.82 Å². The normalized spacial score (nSPS) is 12.0. The number of aromatic nitrogens is 1. The van der Waals surface area contributed by atoms with E-state index in [1.54, 1.807) is 29.3 Å². The van der Waals surface area contributed by atoms with Crippen LogP contribution in [0.1, 0.15) is 55.7 Å². The van der Waals surface area contributed by atoms with Gasteiger partial charge in [0, 0.05) is 29.5 Å². The van der Waals surface area contributed by atoms with Crippen molar-refractivity contribution >= 4 is 34.9 Å². The molecule has 3 amide bonds. The number of nitrogens with zero attached hydrogens (tertiary/aromatic N) is 2. The number of nitrogens with one attached hydrogen (secondary N) is 2. The summed E-state index contributed by atoms with van der Waals surface area (Å²) < 4.78 is 0. The molecule has 0 aliphatic carbocycles. The summed E-state index contributed by atoms with van der Waals surface area (Å²) in [5, 5.41) is 7.67. The molecule has 1 aromatic carbocycles. The number of amides is 3. The minimum absolute atomic E-state index is 0.0160. The summed E-state index contributed by atoms with van der Waals surface area (Å²) in [6.45, 7) is 7.97. The third kappa shape index (κ3) is 8.03. The van der Waals surface area contributed by atoms with E-state index in [1.165, 1.54) is 11.3 Å². The smallest absolute Gasteiger partial charge is 0.247 e. The summed E-state index contributed by atoms with van der Waals surface area (Å²) in [7, 11) is 0. The summed E-state index contributed by atoms with van der Waals surface area (Å²) in [5.74, 6) is -0.407. The first-order chi connectivity index (χ1) is 16.6. The zero-order valence-electron chi connectivity index (χ0n) is 20.6. The SMILES string of the molecule is Cc1ccc([C@H](C(=O)NC(C)(C)C)N(Cc2cccs2)C(=O)CCC(=O)Nc2ccccn2)cc1. The van der Waals surface area contributed by atoms with E-state index in [1.807, 2.05) is 69.5 Å². The Hall–Kier alpha value is -3.52. The maximum absolute atomic E-state index is 13.5. The molecule has 0 saturated carbocycles. The molecule has 8 heteroatoms. The van der Waals surface area contributed by atoms with E-state index in [0.717, 1.165) is 16.0 Å². The number of thiophene rings is 1. The number of carbonyl (C=O) groups excluding carboxylic acids is 3. The van der Waals surface area contributed by atoms with Gasteiger partial charge in [-0.25, -0.2) is 4.98 Å². The predicted molar refractivity (Wildman–Crippen MR) is 139 cm³/mol. The van der Waals surface area contributed by atoms with Crippen molar-refractivity contribution in [1.29, 1.82) is 0 Å². The highest BCUT2D eigenvalue weighted by Gasteiger charge is 2.33. The van der Waals surface area contributed by atoms with Gasteiger partial charge in [0.25, 0.3) is 0 Å². The van der Waals surface area contributed by atoms with Crippen LogP contribution in [-0.2, 0) is 20.9 Å². The van der Waals surface area contributed by atoms with Crippen LogP contribution in [-0.4, -0.2) is 33.1 Å². The molecule has 0 unspecified atom stereocenters. The molecule has 0 bridgehead atoms. The summed E-state index contributed by atoms with van der Waals surface area (Å²) in [4.78, 5) is 46.1. The van der Waals surface area contributed by atoms with Crippen LogP contribution in [0, 0.1) is 6.92 Å². The molecule has 3 rings (SSSR count). The van der Waals surface area contributed by atoms with E-state index in [0.29, 0.717) is 5.82 Å². The Labute approximate surface area is 210 Å². The lowest BCUT2D eigenvalue weighted by atomic mass is 10.00. The van der Waals surface area contributed by atoms with Crippen LogP contribution in [0.2, 0.25) is 0 Å². The van der Waals surface area contributed by atoms with Gasteiger partial charge in [0.1, 0.15) is 11.9 Å². The zero-order chi connectivity index (χ0) is 25.4. The van der Waals surface area contributed by atoms with Crippen LogP contribution < -0.4 is 10.6 Å². The quantitative estimate of drug-likeness (QED) is 0.446. The monoisotopic (exact) mass is 492 g/mol. The lowest BCUT2D eigenvalue weighted by molar-refractivity contribution is -0.142. The molecule has 0 fully saturated rings. The Morgan fingerprint density at radius 3 is 2.34 bits per heavy atom. The average molecular weight is 493 g/mol. The Balaban J connectivity index is 1.86. The minimum atomic E-state index is -0.830. The van der Waals surface area contributed by atoms with Crippen molar-refractivity contribution in [3.05, 3.63) is 82.2 Å². The number of pyridine rings is 1. The highest BCUT2D eigenvalue weighted by Crippen LogP contribution is 2.27. The van der Waals surface area contributed by atoms with E-state index >= 15 is 0 Å². The van der Waals surface area contributed by atoms with Gasteiger partial charge in [-0.2, -0.15) is 0 Å². The molecule has 184 valence electrons. The number of aryl methyl sites for hydroxylation is 1. The maximum Gasteiger partial charge on any atom is 0.247 e. The van der Waals surface area contributed by atoms with Crippen molar-refractivity contribution < 1.29 is 14.4 Å². The molecule has 3 aromatic rings. The summed E-state index contributed by atoms with van der Waals surface area (Å²) in [6.07, 6.45) is 1.54. The number of hydrogen-bond donors (Lipinski definition) is 2. The molecular weight excluding hydrogens is 460 g/mol. The van der Waals surface area contributed by atoms with E-state index in [2.05, 4.69) is 15.6 Å². The molecule has 2 heterocycles. The molecule has 0 aliphatic rings. The first kappa shape index (κ1) is 26.1. The van der Waals surface area contributed by atoms with Gasteiger partial charge in [0.2, 0.25) is 17.7 Å². The fourth-order valence-electron chi connectivity index (χ4n) is 3.56. The number of benzene rings is 1. The van der Waals surface area contributed by atoms with Crippen molar-refractivity contribution in [2.75, 3.05) is 5.32 Å². The van der Waals surface area contributed by atoms with Crippen LogP contribution in [0.15, 0.2) is 66.2 Å². The summed E-state index contributed by atoms with van der Waals surface area (Å²) >= 11 is 1.52. The average Bonchev–Trinajstić information content (AvgIpc) is 3.31. The third-order valence-electron chi connectivity index (χ3n) is 5.18. The topological polar surface area (TPSA) is 91.4 Å². The largest absolute Gasteiger partial charge is 0.349 e. The van der Waals surface area contributed by atoms with E-state index in [9.17, 15) is 14.4 Å². The molecule has 0 radical (unpaired) electrons. The van der Waals surface area contributed by atoms with Crippen molar-refractivity contribution in [3.8, 4) is 0 Å². The van der Waals surface area contributed by atoms with Gasteiger partial charge in [-0.3, -0.25) is 14.4 Å². The molecule has 2 N–H and O–H groups in total. The number of rotatable bonds is 9. The highest BCUT2D eigenvalue weighted by molar-refractivity contribution is 7.09. The molecule has 1 atom stereocenters. The lowest BCUT2D eigenvalue weighted by Gasteiger charge is -2.33. The predicted octanol–water partition coefficient (Wildman–Crippen LogP) is 4.86. The summed E-state index contributed by atoms with van der Waals surface area (Å²) in [5.41, 5.74) is 1.31. The Morgan fingerprint density at radius 2 is 1.74 bits per heavy atom. The van der Waals surface area contributed by atoms with Gasteiger partial charge in [-0.05, 0) is 56.8 Å². The lowest BCUT2D eigenvalue weighted by Crippen LogP contribution is -2.49. The number of hydrogen-bond acceptors (Lipinski definition) is 5. The fourth-order valence-corrected chi connectivity index (χ4v) is 4.26. The van der Waals surface area contributed by atoms with Gasteiger partial charge in [0.15, 0.2) is 0 Å². The molecule has 0 spiro atoms. The van der Waals surface area contributed by atoms with Crippen molar-refractivity contribution in [3.63, 3.8) is 0 Å². The van der Waals surface area contributed by atoms with Crippen molar-refractivity contribution in [2.24, 2.45) is 0 Å². The Morgan fingerprint density at radius 1 is 1.00 bits per heavy atom. The zero-order valence-corrected chi connectivity index (χ0v) is 21.4. The van der Waals surface area contributed by atoms with Crippen LogP contribution >= 0.6 is 11.3 Å². The second-order valence-electron chi connectivity index (χ2n) is 9.42. The molecule has 35 heavy (non-hydrogen) atoms. The second-order valence-corrected chi connectivity index (χ2v) is 10.4. The number of carbonyl (C=O) groups is 3. The van der Waals surface area contributed by atoms with Gasteiger partial charge < -0.3 is 15.5 Å². The Bertz CT molecular complexity index is 1120. The standard InChI is InChI=1S/C27H32N4O3S/c1-19-10-12-20(13-11-19)25(26(34)30-27(2,3)4)31(18-21-8-7-17-35-21)24(33)15-14-23(32)29-22-9-5-6-16-28-22/h5-13,16-17,25H,14-15,18H2,1-4H3,(H,30,34)(H,28,29,32)/t25-/m1/s1. The first-order valence-corrected chi connectivity index (χ1v) is 12.4. The number of anilines is 1. The van der Waals surface area contributed by atoms with E-state index in [-0.39, 0.29) is 37.1 Å². The van der Waals surface area contributed by atoms with Crippen LogP contribution in [0.25, 0.3) is 0 Å². The highest BCUT2D eigenvalue weighted by atomic mass is 32.1. The van der Waals surface area contributed by atoms with Gasteiger partial charge >= 0.3 is 0 Å². The van der Waals surface area contributed by atoms with Crippen LogP contribution in [0.3, 0.4) is 0 Å². The molecule has 0 saturated heterocycles. The van der Waals surface area contributed by atoms with Gasteiger partial charge in [-0.15, -0.1) is 11.3 Å². The second kappa shape index (κ2) is 11.8. The van der Waals surface area contributed by atoms with Gasteiger partial charge in [0.05, 0.1) is 6.54 Å². The third-order valence-corrected chi connectivity index (χ3v) is 6.04. The fraction of sp³-hybridized carbons (Fsp3) is 0.333. The Kier molecular flexibility index (Phi) is 8.76. The molecule has 0 aliphatic heterocycles. The van der Waals surface area contributed by atoms with Gasteiger partial charge in [-0.1, -0.05) is 42.0 Å².